The number of ether oxygens (including phenoxy) is 2. The highest BCUT2D eigenvalue weighted by Gasteiger charge is 2.14. The summed E-state index contributed by atoms with van der Waals surface area (Å²) in [4.78, 5) is 11.9. The second kappa shape index (κ2) is 6.48. The molecule has 0 radical (unpaired) electrons. The third-order valence-electron chi connectivity index (χ3n) is 2.91. The van der Waals surface area contributed by atoms with Gasteiger partial charge in [-0.15, -0.1) is 0 Å². The summed E-state index contributed by atoms with van der Waals surface area (Å²) in [7, 11) is 1.36. The second-order valence-corrected chi connectivity index (χ2v) is 4.70. The van der Waals surface area contributed by atoms with Crippen molar-refractivity contribution in [3.05, 3.63) is 54.1 Å². The maximum atomic E-state index is 11.9. The molecule has 0 N–H and O–H groups in total. The van der Waals surface area contributed by atoms with Crippen molar-refractivity contribution >= 4 is 29.4 Å². The summed E-state index contributed by atoms with van der Waals surface area (Å²) in [6, 6.07) is 11.4. The van der Waals surface area contributed by atoms with Crippen LogP contribution in [0, 0.1) is 0 Å². The number of hydrogen-bond acceptors (Lipinski definition) is 4. The Labute approximate surface area is 123 Å². The number of hydrogen-bond donors (Lipinski definition) is 1. The molecule has 0 saturated carbocycles. The number of esters is 1. The van der Waals surface area contributed by atoms with Gasteiger partial charge in [-0.05, 0) is 28.5 Å². The molecule has 0 amide bonds. The SMILES string of the molecule is C=C(CS)COc1cc2ccccc2cc1C(=O)OC. The quantitative estimate of drug-likeness (QED) is 0.519. The topological polar surface area (TPSA) is 35.5 Å². The number of thiol groups is 1. The van der Waals surface area contributed by atoms with E-state index in [-0.39, 0.29) is 0 Å². The van der Waals surface area contributed by atoms with Gasteiger partial charge >= 0.3 is 5.97 Å². The molecule has 3 nitrogen and oxygen atoms in total. The van der Waals surface area contributed by atoms with Crippen LogP contribution in [-0.4, -0.2) is 25.4 Å². The normalized spacial score (nSPS) is 10.3. The average molecular weight is 288 g/mol. The first-order valence-electron chi connectivity index (χ1n) is 6.17. The smallest absolute Gasteiger partial charge is 0.341 e. The van der Waals surface area contributed by atoms with Gasteiger partial charge in [0.05, 0.1) is 7.11 Å². The Bertz CT molecular complexity index is 649. The van der Waals surface area contributed by atoms with E-state index in [9.17, 15) is 4.79 Å². The van der Waals surface area contributed by atoms with E-state index in [1.165, 1.54) is 7.11 Å². The van der Waals surface area contributed by atoms with Crippen molar-refractivity contribution in [1.29, 1.82) is 0 Å². The lowest BCUT2D eigenvalue weighted by molar-refractivity contribution is 0.0596. The van der Waals surface area contributed by atoms with Gasteiger partial charge < -0.3 is 9.47 Å². The molecule has 0 unspecified atom stereocenters. The first-order chi connectivity index (χ1) is 9.65. The Morgan fingerprint density at radius 1 is 1.25 bits per heavy atom. The molecule has 0 aliphatic carbocycles. The summed E-state index contributed by atoms with van der Waals surface area (Å²) in [5.74, 6) is 0.627. The van der Waals surface area contributed by atoms with Crippen molar-refractivity contribution in [3.8, 4) is 5.75 Å². The van der Waals surface area contributed by atoms with Crippen molar-refractivity contribution in [2.45, 2.75) is 0 Å². The third kappa shape index (κ3) is 3.14. The molecule has 0 bridgehead atoms. The number of carbonyl (C=O) groups is 1. The molecular weight excluding hydrogens is 272 g/mol. The molecule has 2 rings (SSSR count). The van der Waals surface area contributed by atoms with E-state index >= 15 is 0 Å². The van der Waals surface area contributed by atoms with Gasteiger partial charge in [-0.3, -0.25) is 0 Å². The number of rotatable bonds is 5. The first kappa shape index (κ1) is 14.5. The molecule has 20 heavy (non-hydrogen) atoms. The van der Waals surface area contributed by atoms with Crippen LogP contribution in [0.4, 0.5) is 0 Å². The van der Waals surface area contributed by atoms with E-state index in [1.54, 1.807) is 6.07 Å². The van der Waals surface area contributed by atoms with E-state index in [1.807, 2.05) is 30.3 Å². The fraction of sp³-hybridized carbons (Fsp3) is 0.188. The Balaban J connectivity index is 2.43. The monoisotopic (exact) mass is 288 g/mol. The molecular formula is C16H16O3S. The van der Waals surface area contributed by atoms with Crippen LogP contribution < -0.4 is 4.74 Å². The Kier molecular flexibility index (Phi) is 4.69. The zero-order valence-corrected chi connectivity index (χ0v) is 12.2. The van der Waals surface area contributed by atoms with Crippen LogP contribution >= 0.6 is 12.6 Å². The molecule has 0 spiro atoms. The van der Waals surface area contributed by atoms with Crippen LogP contribution in [0.5, 0.6) is 5.75 Å². The minimum Gasteiger partial charge on any atom is -0.488 e. The van der Waals surface area contributed by atoms with Crippen molar-refractivity contribution in [3.63, 3.8) is 0 Å². The van der Waals surface area contributed by atoms with Gasteiger partial charge in [0.1, 0.15) is 17.9 Å². The Morgan fingerprint density at radius 2 is 1.90 bits per heavy atom. The minimum absolute atomic E-state index is 0.325. The van der Waals surface area contributed by atoms with Crippen molar-refractivity contribution in [1.82, 2.24) is 0 Å². The number of benzene rings is 2. The van der Waals surface area contributed by atoms with E-state index in [0.717, 1.165) is 16.3 Å². The average Bonchev–Trinajstić information content (AvgIpc) is 2.50. The predicted molar refractivity (Wildman–Crippen MR) is 83.8 cm³/mol. The highest BCUT2D eigenvalue weighted by atomic mass is 32.1. The maximum Gasteiger partial charge on any atom is 0.341 e. The van der Waals surface area contributed by atoms with Crippen molar-refractivity contribution < 1.29 is 14.3 Å². The Morgan fingerprint density at radius 3 is 2.50 bits per heavy atom. The van der Waals surface area contributed by atoms with Gasteiger partial charge in [-0.1, -0.05) is 30.8 Å². The van der Waals surface area contributed by atoms with Gasteiger partial charge in [-0.25, -0.2) is 4.79 Å². The fourth-order valence-electron chi connectivity index (χ4n) is 1.83. The van der Waals surface area contributed by atoms with Gasteiger partial charge in [0.25, 0.3) is 0 Å². The standard InChI is InChI=1S/C16H16O3S/c1-11(10-20)9-19-15-8-13-6-4-3-5-12(13)7-14(15)16(17)18-2/h3-8,20H,1,9-10H2,2H3. The molecule has 104 valence electrons. The van der Waals surface area contributed by atoms with Gasteiger partial charge in [0.15, 0.2) is 0 Å². The molecule has 0 fully saturated rings. The third-order valence-corrected chi connectivity index (χ3v) is 3.36. The Hall–Kier alpha value is -1.94. The highest BCUT2D eigenvalue weighted by molar-refractivity contribution is 7.80. The maximum absolute atomic E-state index is 11.9. The van der Waals surface area contributed by atoms with Crippen molar-refractivity contribution in [2.24, 2.45) is 0 Å². The minimum atomic E-state index is -0.415. The summed E-state index contributed by atoms with van der Waals surface area (Å²) >= 11 is 4.13. The van der Waals surface area contributed by atoms with Gasteiger partial charge in [0, 0.05) is 5.75 Å². The molecule has 0 heterocycles. The summed E-state index contributed by atoms with van der Waals surface area (Å²) in [6.45, 7) is 4.15. The summed E-state index contributed by atoms with van der Waals surface area (Å²) in [5, 5.41) is 1.97. The van der Waals surface area contributed by atoms with Crippen molar-refractivity contribution in [2.75, 3.05) is 19.5 Å². The number of carbonyl (C=O) groups excluding carboxylic acids is 1. The lowest BCUT2D eigenvalue weighted by Crippen LogP contribution is -2.08. The summed E-state index contributed by atoms with van der Waals surface area (Å²) in [6.07, 6.45) is 0. The van der Waals surface area contributed by atoms with Crippen LogP contribution in [-0.2, 0) is 4.74 Å². The van der Waals surface area contributed by atoms with E-state index in [0.29, 0.717) is 23.7 Å². The number of methoxy groups -OCH3 is 1. The predicted octanol–water partition coefficient (Wildman–Crippen LogP) is 3.49. The lowest BCUT2D eigenvalue weighted by atomic mass is 10.1. The number of fused-ring (bicyclic) bond motifs is 1. The van der Waals surface area contributed by atoms with Gasteiger partial charge in [-0.2, -0.15) is 12.6 Å². The van der Waals surface area contributed by atoms with Crippen LogP contribution in [0.1, 0.15) is 10.4 Å². The summed E-state index contributed by atoms with van der Waals surface area (Å²) < 4.78 is 10.5. The molecule has 0 aliphatic rings. The van der Waals surface area contributed by atoms with E-state index in [2.05, 4.69) is 19.2 Å². The zero-order chi connectivity index (χ0) is 14.5. The zero-order valence-electron chi connectivity index (χ0n) is 11.3. The summed E-state index contributed by atoms with van der Waals surface area (Å²) in [5.41, 5.74) is 1.26. The van der Waals surface area contributed by atoms with E-state index < -0.39 is 5.97 Å². The first-order valence-corrected chi connectivity index (χ1v) is 6.80. The highest BCUT2D eigenvalue weighted by Crippen LogP contribution is 2.27. The molecule has 0 saturated heterocycles. The van der Waals surface area contributed by atoms with Gasteiger partial charge in [0.2, 0.25) is 0 Å². The molecule has 4 heteroatoms. The molecule has 0 aromatic heterocycles. The molecule has 2 aromatic rings. The molecule has 0 atom stereocenters. The fourth-order valence-corrected chi connectivity index (χ4v) is 1.93. The van der Waals surface area contributed by atoms with Crippen LogP contribution in [0.25, 0.3) is 10.8 Å². The van der Waals surface area contributed by atoms with E-state index in [4.69, 9.17) is 9.47 Å². The molecule has 2 aromatic carbocycles. The van der Waals surface area contributed by atoms with Crippen LogP contribution in [0.15, 0.2) is 48.6 Å². The van der Waals surface area contributed by atoms with Crippen LogP contribution in [0.3, 0.4) is 0 Å². The lowest BCUT2D eigenvalue weighted by Gasteiger charge is -2.12. The largest absolute Gasteiger partial charge is 0.488 e. The van der Waals surface area contributed by atoms with Crippen LogP contribution in [0.2, 0.25) is 0 Å². The second-order valence-electron chi connectivity index (χ2n) is 4.38. The molecule has 0 aliphatic heterocycles.